The van der Waals surface area contributed by atoms with E-state index in [2.05, 4.69) is 10.6 Å². The third-order valence-electron chi connectivity index (χ3n) is 2.91. The number of urea groups is 1. The Kier molecular flexibility index (Phi) is 3.21. The van der Waals surface area contributed by atoms with Gasteiger partial charge >= 0.3 is 12.0 Å². The van der Waals surface area contributed by atoms with Crippen LogP contribution in [0.2, 0.25) is 0 Å². The first-order valence-corrected chi connectivity index (χ1v) is 5.15. The first kappa shape index (κ1) is 11.8. The second kappa shape index (κ2) is 4.08. The number of nitrogens with one attached hydrogen (secondary N) is 2. The van der Waals surface area contributed by atoms with Crippen molar-refractivity contribution in [3.05, 3.63) is 0 Å². The summed E-state index contributed by atoms with van der Waals surface area (Å²) < 4.78 is 0. The van der Waals surface area contributed by atoms with Crippen molar-refractivity contribution >= 4 is 12.0 Å². The standard InChI is InChI=1S/C10H18N2O3/c1-6(8(13)14)7(2)11-9(15)12-10(3)4-5-10/h6-7H,4-5H2,1-3H3,(H,13,14)(H2,11,12,15). The molecule has 5 nitrogen and oxygen atoms in total. The third-order valence-corrected chi connectivity index (χ3v) is 2.91. The van der Waals surface area contributed by atoms with Gasteiger partial charge in [-0.05, 0) is 33.6 Å². The van der Waals surface area contributed by atoms with Gasteiger partial charge in [0.1, 0.15) is 0 Å². The molecule has 2 unspecified atom stereocenters. The molecular formula is C10H18N2O3. The molecule has 0 saturated heterocycles. The summed E-state index contributed by atoms with van der Waals surface area (Å²) in [6.07, 6.45) is 1.98. The van der Waals surface area contributed by atoms with E-state index < -0.39 is 11.9 Å². The maximum atomic E-state index is 11.4. The molecule has 2 amide bonds. The minimum absolute atomic E-state index is 0.0731. The zero-order chi connectivity index (χ0) is 11.6. The summed E-state index contributed by atoms with van der Waals surface area (Å²) in [5.41, 5.74) is -0.0731. The second-order valence-corrected chi connectivity index (χ2v) is 4.57. The number of carboxylic acids is 1. The van der Waals surface area contributed by atoms with Crippen LogP contribution in [-0.2, 0) is 4.79 Å². The molecule has 0 aromatic carbocycles. The number of carbonyl (C=O) groups is 2. The van der Waals surface area contributed by atoms with Gasteiger partial charge in [-0.1, -0.05) is 0 Å². The van der Waals surface area contributed by atoms with Crippen LogP contribution >= 0.6 is 0 Å². The summed E-state index contributed by atoms with van der Waals surface area (Å²) in [6.45, 7) is 5.23. The number of hydrogen-bond acceptors (Lipinski definition) is 2. The van der Waals surface area contributed by atoms with Crippen LogP contribution in [0, 0.1) is 5.92 Å². The summed E-state index contributed by atoms with van der Waals surface area (Å²) in [4.78, 5) is 22.1. The Morgan fingerprint density at radius 2 is 1.87 bits per heavy atom. The number of rotatable bonds is 4. The minimum Gasteiger partial charge on any atom is -0.481 e. The summed E-state index contributed by atoms with van der Waals surface area (Å²) in [6, 6.07) is -0.652. The highest BCUT2D eigenvalue weighted by atomic mass is 16.4. The zero-order valence-corrected chi connectivity index (χ0v) is 9.33. The smallest absolute Gasteiger partial charge is 0.315 e. The van der Waals surface area contributed by atoms with Gasteiger partial charge in [-0.25, -0.2) is 4.79 Å². The lowest BCUT2D eigenvalue weighted by Gasteiger charge is -2.20. The van der Waals surface area contributed by atoms with Gasteiger partial charge in [-0.3, -0.25) is 4.79 Å². The van der Waals surface area contributed by atoms with Gasteiger partial charge in [-0.2, -0.15) is 0 Å². The van der Waals surface area contributed by atoms with Crippen LogP contribution in [-0.4, -0.2) is 28.7 Å². The average molecular weight is 214 g/mol. The molecule has 0 aromatic rings. The van der Waals surface area contributed by atoms with Crippen molar-refractivity contribution in [2.24, 2.45) is 5.92 Å². The van der Waals surface area contributed by atoms with E-state index in [0.29, 0.717) is 0 Å². The van der Waals surface area contributed by atoms with Crippen LogP contribution in [0.4, 0.5) is 4.79 Å². The molecule has 0 heterocycles. The molecule has 0 spiro atoms. The van der Waals surface area contributed by atoms with E-state index in [0.717, 1.165) is 12.8 Å². The molecule has 1 aliphatic rings. The molecule has 1 rings (SSSR count). The van der Waals surface area contributed by atoms with Crippen molar-refractivity contribution in [1.29, 1.82) is 0 Å². The Morgan fingerprint density at radius 3 is 2.27 bits per heavy atom. The first-order valence-electron chi connectivity index (χ1n) is 5.15. The Balaban J connectivity index is 2.34. The summed E-state index contributed by atoms with van der Waals surface area (Å²) in [5, 5.41) is 14.2. The molecule has 86 valence electrons. The maximum Gasteiger partial charge on any atom is 0.315 e. The molecule has 0 aromatic heterocycles. The number of aliphatic carboxylic acids is 1. The zero-order valence-electron chi connectivity index (χ0n) is 9.33. The van der Waals surface area contributed by atoms with Crippen LogP contribution in [0.3, 0.4) is 0 Å². The van der Waals surface area contributed by atoms with Gasteiger partial charge in [0, 0.05) is 11.6 Å². The molecule has 15 heavy (non-hydrogen) atoms. The van der Waals surface area contributed by atoms with Gasteiger partial charge in [0.05, 0.1) is 5.92 Å². The van der Waals surface area contributed by atoms with Crippen LogP contribution in [0.15, 0.2) is 0 Å². The van der Waals surface area contributed by atoms with E-state index in [1.807, 2.05) is 6.92 Å². The summed E-state index contributed by atoms with van der Waals surface area (Å²) >= 11 is 0. The highest BCUT2D eigenvalue weighted by Crippen LogP contribution is 2.34. The third kappa shape index (κ3) is 3.42. The van der Waals surface area contributed by atoms with E-state index in [-0.39, 0.29) is 17.6 Å². The summed E-state index contributed by atoms with van der Waals surface area (Å²) in [7, 11) is 0. The average Bonchev–Trinajstić information content (AvgIpc) is 2.80. The number of carboxylic acid groups (broad SMARTS) is 1. The molecule has 1 aliphatic carbocycles. The molecule has 1 fully saturated rings. The lowest BCUT2D eigenvalue weighted by atomic mass is 10.0. The fraction of sp³-hybridized carbons (Fsp3) is 0.800. The molecular weight excluding hydrogens is 196 g/mol. The minimum atomic E-state index is -0.902. The lowest BCUT2D eigenvalue weighted by Crippen LogP contribution is -2.48. The SMILES string of the molecule is CC(NC(=O)NC1(C)CC1)C(C)C(=O)O. The van der Waals surface area contributed by atoms with E-state index in [4.69, 9.17) is 5.11 Å². The Morgan fingerprint density at radius 1 is 1.33 bits per heavy atom. The monoisotopic (exact) mass is 214 g/mol. The topological polar surface area (TPSA) is 78.4 Å². The number of carbonyl (C=O) groups excluding carboxylic acids is 1. The maximum absolute atomic E-state index is 11.4. The van der Waals surface area contributed by atoms with Crippen molar-refractivity contribution in [1.82, 2.24) is 10.6 Å². The van der Waals surface area contributed by atoms with Crippen molar-refractivity contribution in [3.8, 4) is 0 Å². The predicted octanol–water partition coefficient (Wildman–Crippen LogP) is 0.947. The van der Waals surface area contributed by atoms with Crippen molar-refractivity contribution in [2.45, 2.75) is 45.2 Å². The molecule has 0 bridgehead atoms. The van der Waals surface area contributed by atoms with E-state index >= 15 is 0 Å². The van der Waals surface area contributed by atoms with Crippen molar-refractivity contribution in [2.75, 3.05) is 0 Å². The highest BCUT2D eigenvalue weighted by molar-refractivity contribution is 5.77. The molecule has 0 aliphatic heterocycles. The van der Waals surface area contributed by atoms with E-state index in [9.17, 15) is 9.59 Å². The number of hydrogen-bond donors (Lipinski definition) is 3. The van der Waals surface area contributed by atoms with Gasteiger partial charge in [-0.15, -0.1) is 0 Å². The lowest BCUT2D eigenvalue weighted by molar-refractivity contribution is -0.141. The van der Waals surface area contributed by atoms with Gasteiger partial charge in [0.25, 0.3) is 0 Å². The number of amides is 2. The first-order chi connectivity index (χ1) is 6.84. The molecule has 2 atom stereocenters. The second-order valence-electron chi connectivity index (χ2n) is 4.57. The molecule has 0 radical (unpaired) electrons. The van der Waals surface area contributed by atoms with E-state index in [1.165, 1.54) is 0 Å². The van der Waals surface area contributed by atoms with Crippen LogP contribution in [0.25, 0.3) is 0 Å². The highest BCUT2D eigenvalue weighted by Gasteiger charge is 2.39. The van der Waals surface area contributed by atoms with Crippen LogP contribution in [0.5, 0.6) is 0 Å². The van der Waals surface area contributed by atoms with Crippen LogP contribution in [0.1, 0.15) is 33.6 Å². The van der Waals surface area contributed by atoms with Gasteiger partial charge in [0.2, 0.25) is 0 Å². The van der Waals surface area contributed by atoms with Gasteiger partial charge < -0.3 is 15.7 Å². The van der Waals surface area contributed by atoms with Crippen LogP contribution < -0.4 is 10.6 Å². The molecule has 1 saturated carbocycles. The Hall–Kier alpha value is -1.26. The normalized spacial score (nSPS) is 21.3. The molecule has 3 N–H and O–H groups in total. The predicted molar refractivity (Wildman–Crippen MR) is 55.6 cm³/mol. The molecule has 5 heteroatoms. The van der Waals surface area contributed by atoms with Crippen molar-refractivity contribution < 1.29 is 14.7 Å². The fourth-order valence-corrected chi connectivity index (χ4v) is 1.17. The summed E-state index contributed by atoms with van der Waals surface area (Å²) in [5.74, 6) is -1.48. The fourth-order valence-electron chi connectivity index (χ4n) is 1.17. The largest absolute Gasteiger partial charge is 0.481 e. The van der Waals surface area contributed by atoms with E-state index in [1.54, 1.807) is 13.8 Å². The Bertz CT molecular complexity index is 274. The van der Waals surface area contributed by atoms with Gasteiger partial charge in [0.15, 0.2) is 0 Å². The Labute approximate surface area is 89.2 Å². The quantitative estimate of drug-likeness (QED) is 0.652. The van der Waals surface area contributed by atoms with Crippen molar-refractivity contribution in [3.63, 3.8) is 0 Å².